The highest BCUT2D eigenvalue weighted by Crippen LogP contribution is 2.23. The largest absolute Gasteiger partial charge is 0.367 e. The Hall–Kier alpha value is -2.76. The zero-order valence-corrected chi connectivity index (χ0v) is 15.5. The fourth-order valence-electron chi connectivity index (χ4n) is 2.41. The molecule has 2 aromatic rings. The van der Waals surface area contributed by atoms with Crippen molar-refractivity contribution in [3.8, 4) is 0 Å². The molecule has 6 heteroatoms. The second kappa shape index (κ2) is 8.56. The van der Waals surface area contributed by atoms with Crippen LogP contribution < -0.4 is 4.90 Å². The van der Waals surface area contributed by atoms with Gasteiger partial charge in [0.05, 0.1) is 12.9 Å². The first-order valence-corrected chi connectivity index (χ1v) is 8.36. The molecule has 0 aliphatic rings. The number of benzene rings is 2. The lowest BCUT2D eigenvalue weighted by Gasteiger charge is -2.19. The fraction of sp³-hybridized carbons (Fsp3) is 0.300. The van der Waals surface area contributed by atoms with Gasteiger partial charge in [0.15, 0.2) is 5.78 Å². The van der Waals surface area contributed by atoms with E-state index in [1.807, 2.05) is 18.9 Å². The molecule has 0 aliphatic heterocycles. The van der Waals surface area contributed by atoms with E-state index in [0.717, 1.165) is 6.54 Å². The van der Waals surface area contributed by atoms with Crippen LogP contribution in [0.15, 0.2) is 41.4 Å². The highest BCUT2D eigenvalue weighted by Gasteiger charge is 2.16. The summed E-state index contributed by atoms with van der Waals surface area (Å²) in [4.78, 5) is 20.1. The van der Waals surface area contributed by atoms with Crippen molar-refractivity contribution in [2.45, 2.75) is 13.8 Å². The van der Waals surface area contributed by atoms with Gasteiger partial charge >= 0.3 is 0 Å². The van der Waals surface area contributed by atoms with Gasteiger partial charge in [-0.05, 0) is 49.7 Å². The minimum atomic E-state index is -0.548. The highest BCUT2D eigenvalue weighted by molar-refractivity contribution is 6.00. The predicted octanol–water partition coefficient (Wildman–Crippen LogP) is 4.20. The maximum absolute atomic E-state index is 14.3. The van der Waals surface area contributed by atoms with Crippen molar-refractivity contribution in [1.82, 2.24) is 4.90 Å². The minimum absolute atomic E-state index is 0.0188. The molecule has 0 heterocycles. The maximum Gasteiger partial charge on any atom is 0.182 e. The first kappa shape index (κ1) is 19.6. The lowest BCUT2D eigenvalue weighted by atomic mass is 10.0. The molecule has 0 radical (unpaired) electrons. The van der Waals surface area contributed by atoms with Crippen LogP contribution in [0.4, 0.5) is 20.2 Å². The van der Waals surface area contributed by atoms with E-state index in [2.05, 4.69) is 4.99 Å². The minimum Gasteiger partial charge on any atom is -0.367 e. The molecular weight excluding hydrogens is 336 g/mol. The molecule has 138 valence electrons. The van der Waals surface area contributed by atoms with Crippen molar-refractivity contribution in [1.29, 1.82) is 0 Å². The number of ketones is 1. The topological polar surface area (TPSA) is 35.9 Å². The smallest absolute Gasteiger partial charge is 0.182 e. The second-order valence-corrected chi connectivity index (χ2v) is 6.20. The number of carbonyl (C=O) groups excluding carboxylic acids is 1. The summed E-state index contributed by atoms with van der Waals surface area (Å²) in [5, 5.41) is 0. The molecule has 0 saturated heterocycles. The van der Waals surface area contributed by atoms with Gasteiger partial charge in [-0.25, -0.2) is 13.8 Å². The summed E-state index contributed by atoms with van der Waals surface area (Å²) in [7, 11) is 3.53. The third-order valence-corrected chi connectivity index (χ3v) is 4.12. The van der Waals surface area contributed by atoms with Crippen LogP contribution in [0.2, 0.25) is 0 Å². The fourth-order valence-corrected chi connectivity index (χ4v) is 2.41. The monoisotopic (exact) mass is 359 g/mol. The number of nitrogens with zero attached hydrogens (tertiary/aromatic N) is 3. The molecule has 0 saturated carbocycles. The van der Waals surface area contributed by atoms with Crippen LogP contribution in [0.3, 0.4) is 0 Å². The number of carbonyl (C=O) groups is 1. The Morgan fingerprint density at radius 2 is 1.92 bits per heavy atom. The molecule has 2 aromatic carbocycles. The van der Waals surface area contributed by atoms with Gasteiger partial charge in [0.25, 0.3) is 0 Å². The normalized spacial score (nSPS) is 11.0. The number of hydrogen-bond acceptors (Lipinski definition) is 3. The molecule has 0 N–H and O–H groups in total. The zero-order chi connectivity index (χ0) is 19.3. The zero-order valence-electron chi connectivity index (χ0n) is 15.5. The first-order valence-electron chi connectivity index (χ1n) is 8.36. The Morgan fingerprint density at radius 1 is 1.19 bits per heavy atom. The number of aliphatic imine (C=N–C) groups is 1. The standard InChI is InChI=1S/C20H23F2N3O/c1-5-24(3)13-23-19-9-14(2)17(11-18(19)22)20(26)12-25(4)16-8-6-7-15(21)10-16/h6-11,13H,5,12H2,1-4H3/b23-13+. The summed E-state index contributed by atoms with van der Waals surface area (Å²) in [5.41, 5.74) is 1.72. The van der Waals surface area contributed by atoms with Gasteiger partial charge in [-0.2, -0.15) is 0 Å². The number of halogens is 2. The average molecular weight is 359 g/mol. The van der Waals surface area contributed by atoms with E-state index in [0.29, 0.717) is 16.8 Å². The summed E-state index contributed by atoms with van der Waals surface area (Å²) in [6.45, 7) is 4.49. The third-order valence-electron chi connectivity index (χ3n) is 4.12. The number of likely N-dealkylation sites (N-methyl/N-ethyl adjacent to an activating group) is 1. The van der Waals surface area contributed by atoms with Crippen molar-refractivity contribution in [2.75, 3.05) is 32.1 Å². The van der Waals surface area contributed by atoms with E-state index in [1.165, 1.54) is 18.2 Å². The Balaban J connectivity index is 2.19. The van der Waals surface area contributed by atoms with E-state index in [9.17, 15) is 13.6 Å². The molecule has 0 spiro atoms. The number of rotatable bonds is 7. The molecule has 0 fully saturated rings. The van der Waals surface area contributed by atoms with Gasteiger partial charge in [-0.3, -0.25) is 4.79 Å². The van der Waals surface area contributed by atoms with Gasteiger partial charge in [0.2, 0.25) is 0 Å². The third kappa shape index (κ3) is 4.88. The Kier molecular flexibility index (Phi) is 6.44. The van der Waals surface area contributed by atoms with E-state index >= 15 is 0 Å². The summed E-state index contributed by atoms with van der Waals surface area (Å²) in [6, 6.07) is 8.76. The van der Waals surface area contributed by atoms with Crippen molar-refractivity contribution < 1.29 is 13.6 Å². The van der Waals surface area contributed by atoms with Crippen LogP contribution in [-0.2, 0) is 0 Å². The predicted molar refractivity (Wildman–Crippen MR) is 102 cm³/mol. The average Bonchev–Trinajstić information content (AvgIpc) is 2.61. The van der Waals surface area contributed by atoms with Crippen LogP contribution in [0.5, 0.6) is 0 Å². The van der Waals surface area contributed by atoms with Gasteiger partial charge in [0, 0.05) is 31.9 Å². The number of anilines is 1. The lowest BCUT2D eigenvalue weighted by Crippen LogP contribution is -2.26. The van der Waals surface area contributed by atoms with Crippen LogP contribution in [-0.4, -0.2) is 44.2 Å². The molecule has 4 nitrogen and oxygen atoms in total. The highest BCUT2D eigenvalue weighted by atomic mass is 19.1. The SMILES string of the molecule is CCN(C)/C=N/c1cc(C)c(C(=O)CN(C)c2cccc(F)c2)cc1F. The van der Waals surface area contributed by atoms with Gasteiger partial charge in [0.1, 0.15) is 17.3 Å². The number of hydrogen-bond donors (Lipinski definition) is 0. The first-order chi connectivity index (χ1) is 12.3. The van der Waals surface area contributed by atoms with Crippen molar-refractivity contribution in [3.05, 3.63) is 59.2 Å². The molecule has 0 aliphatic carbocycles. The van der Waals surface area contributed by atoms with Gasteiger partial charge in [-0.1, -0.05) is 6.07 Å². The molecule has 0 aromatic heterocycles. The van der Waals surface area contributed by atoms with Crippen LogP contribution in [0.25, 0.3) is 0 Å². The Bertz CT molecular complexity index is 821. The Labute approximate surface area is 152 Å². The molecule has 0 amide bonds. The molecule has 0 bridgehead atoms. The molecular formula is C20H23F2N3O. The number of aryl methyl sites for hydroxylation is 1. The van der Waals surface area contributed by atoms with Crippen LogP contribution in [0.1, 0.15) is 22.8 Å². The van der Waals surface area contributed by atoms with Gasteiger partial charge < -0.3 is 9.80 Å². The van der Waals surface area contributed by atoms with E-state index < -0.39 is 5.82 Å². The molecule has 26 heavy (non-hydrogen) atoms. The number of Topliss-reactive ketones (excluding diaryl/α,β-unsaturated/α-hetero) is 1. The Morgan fingerprint density at radius 3 is 2.58 bits per heavy atom. The molecule has 2 rings (SSSR count). The van der Waals surface area contributed by atoms with Crippen LogP contribution >= 0.6 is 0 Å². The molecule has 0 atom stereocenters. The second-order valence-electron chi connectivity index (χ2n) is 6.20. The maximum atomic E-state index is 14.3. The van der Waals surface area contributed by atoms with Crippen molar-refractivity contribution in [2.24, 2.45) is 4.99 Å². The summed E-state index contributed by atoms with van der Waals surface area (Å²) >= 11 is 0. The van der Waals surface area contributed by atoms with Crippen molar-refractivity contribution in [3.63, 3.8) is 0 Å². The molecule has 0 unspecified atom stereocenters. The van der Waals surface area contributed by atoms with Crippen molar-refractivity contribution >= 4 is 23.5 Å². The van der Waals surface area contributed by atoms with E-state index in [4.69, 9.17) is 0 Å². The van der Waals surface area contributed by atoms with E-state index in [1.54, 1.807) is 43.4 Å². The van der Waals surface area contributed by atoms with E-state index in [-0.39, 0.29) is 23.8 Å². The lowest BCUT2D eigenvalue weighted by molar-refractivity contribution is 0.0999. The quantitative estimate of drug-likeness (QED) is 0.422. The van der Waals surface area contributed by atoms with Crippen LogP contribution in [0, 0.1) is 18.6 Å². The summed E-state index contributed by atoms with van der Waals surface area (Å²) in [5.74, 6) is -1.16. The van der Waals surface area contributed by atoms with Gasteiger partial charge in [-0.15, -0.1) is 0 Å². The summed E-state index contributed by atoms with van der Waals surface area (Å²) in [6.07, 6.45) is 1.55. The summed E-state index contributed by atoms with van der Waals surface area (Å²) < 4.78 is 27.6.